The van der Waals surface area contributed by atoms with E-state index in [1.165, 1.54) is 7.11 Å². The number of rotatable bonds is 5. The Morgan fingerprint density at radius 2 is 1.57 bits per heavy atom. The van der Waals surface area contributed by atoms with E-state index in [0.29, 0.717) is 38.5 Å². The highest BCUT2D eigenvalue weighted by Crippen LogP contribution is 2.36. The van der Waals surface area contributed by atoms with Crippen LogP contribution >= 0.6 is 0 Å². The summed E-state index contributed by atoms with van der Waals surface area (Å²) < 4.78 is 16.4. The number of alkyl carbamates (subject to hydrolysis) is 1. The number of hydrogen-bond acceptors (Lipinski definition) is 8. The lowest BCUT2D eigenvalue weighted by Gasteiger charge is -2.27. The molecule has 3 amide bonds. The average molecular weight is 722 g/mol. The van der Waals surface area contributed by atoms with Crippen molar-refractivity contribution in [2.45, 2.75) is 83.2 Å². The van der Waals surface area contributed by atoms with Crippen LogP contribution in [-0.4, -0.2) is 86.3 Å². The number of aromatic nitrogens is 4. The van der Waals surface area contributed by atoms with Crippen LogP contribution in [0.3, 0.4) is 0 Å². The molecule has 53 heavy (non-hydrogen) atoms. The Labute approximate surface area is 309 Å². The number of carbonyl (C=O) groups excluding carboxylic acids is 3. The minimum atomic E-state index is -0.749. The number of H-pyrrole nitrogens is 2. The zero-order valence-electron chi connectivity index (χ0n) is 30.7. The van der Waals surface area contributed by atoms with Crippen LogP contribution < -0.4 is 5.32 Å². The molecule has 0 saturated carbocycles. The predicted octanol–water partition coefficient (Wildman–Crippen LogP) is 7.07. The first kappa shape index (κ1) is 36.0. The third-order valence-corrected chi connectivity index (χ3v) is 9.90. The van der Waals surface area contributed by atoms with E-state index < -0.39 is 17.7 Å². The molecule has 13 nitrogen and oxygen atoms in total. The van der Waals surface area contributed by atoms with Crippen molar-refractivity contribution in [1.29, 1.82) is 0 Å². The molecule has 3 aliphatic heterocycles. The lowest BCUT2D eigenvalue weighted by atomic mass is 10.0. The van der Waals surface area contributed by atoms with Crippen molar-refractivity contribution in [3.05, 3.63) is 84.2 Å². The van der Waals surface area contributed by atoms with E-state index in [4.69, 9.17) is 19.2 Å². The third kappa shape index (κ3) is 7.99. The number of methoxy groups -OCH3 is 1. The Morgan fingerprint density at radius 3 is 2.28 bits per heavy atom. The van der Waals surface area contributed by atoms with E-state index in [1.54, 1.807) is 4.90 Å². The van der Waals surface area contributed by atoms with Crippen LogP contribution in [0.2, 0.25) is 0 Å². The van der Waals surface area contributed by atoms with E-state index in [1.807, 2.05) is 44.0 Å². The lowest BCUT2D eigenvalue weighted by Crippen LogP contribution is -2.48. The maximum absolute atomic E-state index is 13.7. The fourth-order valence-corrected chi connectivity index (χ4v) is 7.30. The Bertz CT molecular complexity index is 1960. The van der Waals surface area contributed by atoms with Gasteiger partial charge >= 0.3 is 12.2 Å². The van der Waals surface area contributed by atoms with E-state index in [9.17, 15) is 14.4 Å². The SMILES string of the molecule is COC(=O)N[C@H]1CC=CCOCc2[nH]c(nc2-c2ccc(-c3ccc(-c4cnc([C@@H]5CCCN5C(=O)OC(C)(C)C)[nH]4)cc3)cc2)[C@@H]2CCCN2C1=O. The van der Waals surface area contributed by atoms with Crippen LogP contribution in [0, 0.1) is 0 Å². The van der Waals surface area contributed by atoms with Crippen LogP contribution in [0.1, 0.15) is 82.3 Å². The molecule has 2 aromatic heterocycles. The predicted molar refractivity (Wildman–Crippen MR) is 198 cm³/mol. The average Bonchev–Trinajstić information content (AvgIpc) is 3.97. The summed E-state index contributed by atoms with van der Waals surface area (Å²) in [7, 11) is 1.29. The molecule has 278 valence electrons. The Morgan fingerprint density at radius 1 is 0.887 bits per heavy atom. The van der Waals surface area contributed by atoms with Gasteiger partial charge in [-0.1, -0.05) is 60.7 Å². The van der Waals surface area contributed by atoms with Gasteiger partial charge in [-0.05, 0) is 69.6 Å². The van der Waals surface area contributed by atoms with Gasteiger partial charge in [-0.3, -0.25) is 9.69 Å². The van der Waals surface area contributed by atoms with Gasteiger partial charge in [0.2, 0.25) is 5.91 Å². The first-order chi connectivity index (χ1) is 25.6. The number of hydrogen-bond donors (Lipinski definition) is 3. The van der Waals surface area contributed by atoms with Crippen LogP contribution in [0.25, 0.3) is 33.6 Å². The van der Waals surface area contributed by atoms with Crippen LogP contribution in [0.15, 0.2) is 66.9 Å². The number of fused-ring (bicyclic) bond motifs is 4. The number of amides is 3. The van der Waals surface area contributed by atoms with Gasteiger partial charge in [-0.25, -0.2) is 19.6 Å². The summed E-state index contributed by atoms with van der Waals surface area (Å²) in [6.45, 7) is 7.53. The number of aromatic amines is 2. The normalized spacial score (nSPS) is 20.7. The highest BCUT2D eigenvalue weighted by molar-refractivity contribution is 5.86. The Balaban J connectivity index is 1.07. The molecule has 2 bridgehead atoms. The van der Waals surface area contributed by atoms with Crippen LogP contribution in [0.4, 0.5) is 9.59 Å². The molecule has 0 aliphatic carbocycles. The molecule has 3 aliphatic rings. The summed E-state index contributed by atoms with van der Waals surface area (Å²) in [5, 5.41) is 2.69. The summed E-state index contributed by atoms with van der Waals surface area (Å²) in [5.41, 5.74) is 6.03. The summed E-state index contributed by atoms with van der Waals surface area (Å²) in [5.74, 6) is 1.31. The highest BCUT2D eigenvalue weighted by Gasteiger charge is 2.37. The van der Waals surface area contributed by atoms with Gasteiger partial charge in [-0.2, -0.15) is 0 Å². The van der Waals surface area contributed by atoms with E-state index in [0.717, 1.165) is 70.8 Å². The smallest absolute Gasteiger partial charge is 0.410 e. The third-order valence-electron chi connectivity index (χ3n) is 9.90. The minimum absolute atomic E-state index is 0.140. The monoisotopic (exact) mass is 721 g/mol. The van der Waals surface area contributed by atoms with Gasteiger partial charge < -0.3 is 34.4 Å². The first-order valence-corrected chi connectivity index (χ1v) is 18.3. The van der Waals surface area contributed by atoms with Crippen LogP contribution in [0.5, 0.6) is 0 Å². The molecule has 0 radical (unpaired) electrons. The van der Waals surface area contributed by atoms with Crippen molar-refractivity contribution in [2.75, 3.05) is 26.8 Å². The lowest BCUT2D eigenvalue weighted by molar-refractivity contribution is -0.134. The van der Waals surface area contributed by atoms with Gasteiger partial charge in [0, 0.05) is 18.7 Å². The van der Waals surface area contributed by atoms with E-state index in [-0.39, 0.29) is 24.1 Å². The fraction of sp³-hybridized carbons (Fsp3) is 0.425. The second kappa shape index (κ2) is 15.3. The Kier molecular flexibility index (Phi) is 10.4. The van der Waals surface area contributed by atoms with Gasteiger partial charge in [-0.15, -0.1) is 0 Å². The van der Waals surface area contributed by atoms with Crippen molar-refractivity contribution in [3.8, 4) is 33.6 Å². The second-order valence-electron chi connectivity index (χ2n) is 14.7. The standard InChI is InChI=1S/C40H47N7O6/c1-40(2,3)53-39(50)47-21-8-10-32(47)35-41-23-30(42-35)27-16-12-25(13-17-27)26-14-18-28(19-15-26)34-31-24-52-22-6-5-9-29(44-38(49)51-4)37(48)46-20-7-11-33(46)36(43-31)45-34/h5-6,12-19,23,29,32-33H,7-11,20-22,24H2,1-4H3,(H,41,42)(H,43,45)(H,44,49)/t29-,32-,33-/m0/s1. The van der Waals surface area contributed by atoms with Crippen molar-refractivity contribution >= 4 is 18.1 Å². The maximum atomic E-state index is 13.7. The molecule has 2 fully saturated rings. The molecule has 4 aromatic rings. The number of likely N-dealkylation sites (tertiary alicyclic amines) is 1. The molecule has 0 spiro atoms. The summed E-state index contributed by atoms with van der Waals surface area (Å²) in [6, 6.07) is 15.5. The van der Waals surface area contributed by atoms with Gasteiger partial charge in [0.25, 0.3) is 0 Å². The number of carbonyl (C=O) groups is 3. The zero-order valence-corrected chi connectivity index (χ0v) is 30.7. The van der Waals surface area contributed by atoms with E-state index in [2.05, 4.69) is 68.8 Å². The first-order valence-electron chi connectivity index (χ1n) is 18.3. The molecule has 2 saturated heterocycles. The molecular weight excluding hydrogens is 674 g/mol. The highest BCUT2D eigenvalue weighted by atomic mass is 16.6. The zero-order chi connectivity index (χ0) is 37.1. The molecule has 13 heteroatoms. The van der Waals surface area contributed by atoms with Gasteiger partial charge in [0.15, 0.2) is 0 Å². The van der Waals surface area contributed by atoms with Crippen molar-refractivity contribution < 1.29 is 28.6 Å². The second-order valence-corrected chi connectivity index (χ2v) is 14.7. The number of ether oxygens (including phenoxy) is 3. The number of benzene rings is 2. The van der Waals surface area contributed by atoms with Crippen molar-refractivity contribution in [3.63, 3.8) is 0 Å². The summed E-state index contributed by atoms with van der Waals surface area (Å²) >= 11 is 0. The largest absolute Gasteiger partial charge is 0.453 e. The van der Waals surface area contributed by atoms with Crippen molar-refractivity contribution in [1.82, 2.24) is 35.1 Å². The number of nitrogens with one attached hydrogen (secondary N) is 3. The van der Waals surface area contributed by atoms with Gasteiger partial charge in [0.05, 0.1) is 55.7 Å². The van der Waals surface area contributed by atoms with E-state index >= 15 is 0 Å². The topological polar surface area (TPSA) is 155 Å². The number of nitrogens with zero attached hydrogens (tertiary/aromatic N) is 4. The number of imidazole rings is 2. The molecule has 3 N–H and O–H groups in total. The molecule has 5 heterocycles. The molecule has 0 unspecified atom stereocenters. The quantitative estimate of drug-likeness (QED) is 0.185. The van der Waals surface area contributed by atoms with Gasteiger partial charge in [0.1, 0.15) is 23.3 Å². The van der Waals surface area contributed by atoms with Crippen molar-refractivity contribution in [2.24, 2.45) is 0 Å². The fourth-order valence-electron chi connectivity index (χ4n) is 7.30. The molecule has 2 aromatic carbocycles. The maximum Gasteiger partial charge on any atom is 0.410 e. The summed E-state index contributed by atoms with van der Waals surface area (Å²) in [6.07, 6.45) is 8.26. The molecular formula is C40H47N7O6. The molecule has 3 atom stereocenters. The minimum Gasteiger partial charge on any atom is -0.453 e. The summed E-state index contributed by atoms with van der Waals surface area (Å²) in [4.78, 5) is 58.8. The Hall–Kier alpha value is -5.43. The molecule has 7 rings (SSSR count). The van der Waals surface area contributed by atoms with Crippen LogP contribution in [-0.2, 0) is 25.6 Å².